The summed E-state index contributed by atoms with van der Waals surface area (Å²) in [6, 6.07) is 7.07. The number of aldehydes is 1. The third-order valence-corrected chi connectivity index (χ3v) is 8.49. The maximum atomic E-state index is 13.5. The molecule has 1 saturated heterocycles. The number of hydrogen-bond acceptors (Lipinski definition) is 5. The molecule has 1 aromatic rings. The fraction of sp³-hybridized carbons (Fsp3) is 0.680. The Hall–Kier alpha value is -1.76. The fourth-order valence-electron chi connectivity index (χ4n) is 6.40. The van der Waals surface area contributed by atoms with Crippen LogP contribution in [0.15, 0.2) is 24.3 Å². The quantitative estimate of drug-likeness (QED) is 0.652. The van der Waals surface area contributed by atoms with E-state index in [0.29, 0.717) is 35.3 Å². The number of amides is 1. The number of benzene rings is 1. The molecule has 1 aromatic carbocycles. The number of nitrogens with zero attached hydrogens (tertiary/aromatic N) is 1. The van der Waals surface area contributed by atoms with Crippen molar-refractivity contribution in [2.24, 2.45) is 29.1 Å². The number of aliphatic hydroxyl groups excluding tert-OH is 1. The Labute approximate surface area is 185 Å². The Balaban J connectivity index is 1.51. The minimum absolute atomic E-state index is 0.00898. The van der Waals surface area contributed by atoms with E-state index in [1.807, 2.05) is 25.1 Å². The summed E-state index contributed by atoms with van der Waals surface area (Å²) in [5.74, 6) is 1.70. The summed E-state index contributed by atoms with van der Waals surface area (Å²) in [6.45, 7) is 9.30. The molecule has 170 valence electrons. The van der Waals surface area contributed by atoms with Crippen LogP contribution in [0.5, 0.6) is 0 Å². The molecule has 6 nitrogen and oxygen atoms in total. The van der Waals surface area contributed by atoms with Crippen molar-refractivity contribution >= 4 is 12.2 Å². The van der Waals surface area contributed by atoms with Gasteiger partial charge in [-0.15, -0.1) is 0 Å². The standard InChI is InChI=1S/C25H36N2O4/c1-5-19-22(14-29)31-27(12-16-7-6-8-17(9-16)13-28)23(19)24(30)26-21-11-18-10-20(15(21)2)25(18,3)4/h6-9,13,15,18-23,29H,5,10-12,14H2,1-4H3,(H,26,30)/t15-,18+,19?,20-,21-,22-,23-/m0/s1. The normalized spacial score (nSPS) is 36.6. The largest absolute Gasteiger partial charge is 0.394 e. The first-order chi connectivity index (χ1) is 14.8. The van der Waals surface area contributed by atoms with Gasteiger partial charge in [-0.05, 0) is 54.1 Å². The number of hydrogen-bond donors (Lipinski definition) is 2. The predicted octanol–water partition coefficient (Wildman–Crippen LogP) is 3.19. The molecule has 7 atom stereocenters. The highest BCUT2D eigenvalue weighted by molar-refractivity contribution is 5.82. The highest BCUT2D eigenvalue weighted by Crippen LogP contribution is 2.61. The van der Waals surface area contributed by atoms with Gasteiger partial charge in [-0.1, -0.05) is 45.9 Å². The molecular formula is C25H36N2O4. The van der Waals surface area contributed by atoms with Gasteiger partial charge in [0.2, 0.25) is 5.91 Å². The lowest BCUT2D eigenvalue weighted by Gasteiger charge is -2.62. The number of carbonyl (C=O) groups excluding carboxylic acids is 2. The number of hydroxylamine groups is 2. The van der Waals surface area contributed by atoms with Gasteiger partial charge in [0.15, 0.2) is 0 Å². The van der Waals surface area contributed by atoms with Crippen LogP contribution in [0.2, 0.25) is 0 Å². The minimum Gasteiger partial charge on any atom is -0.394 e. The zero-order valence-electron chi connectivity index (χ0n) is 19.1. The second kappa shape index (κ2) is 8.64. The average Bonchev–Trinajstić information content (AvgIpc) is 3.12. The SMILES string of the molecule is CCC1[C@H](CO)ON(Cc2cccc(C=O)c2)[C@@H]1C(=O)N[C@H]1C[C@H]2C[C@@H]([C@@H]1C)C2(C)C. The van der Waals surface area contributed by atoms with Gasteiger partial charge >= 0.3 is 0 Å². The van der Waals surface area contributed by atoms with E-state index in [-0.39, 0.29) is 24.5 Å². The smallest absolute Gasteiger partial charge is 0.240 e. The highest BCUT2D eigenvalue weighted by atomic mass is 16.7. The molecule has 2 N–H and O–H groups in total. The molecule has 0 radical (unpaired) electrons. The van der Waals surface area contributed by atoms with Crippen molar-refractivity contribution in [2.75, 3.05) is 6.61 Å². The van der Waals surface area contributed by atoms with Crippen LogP contribution in [0.1, 0.15) is 62.9 Å². The maximum Gasteiger partial charge on any atom is 0.240 e. The first-order valence-corrected chi connectivity index (χ1v) is 11.7. The topological polar surface area (TPSA) is 78.9 Å². The number of aliphatic hydroxyl groups is 1. The summed E-state index contributed by atoms with van der Waals surface area (Å²) in [4.78, 5) is 30.7. The second-order valence-corrected chi connectivity index (χ2v) is 10.4. The molecular weight excluding hydrogens is 392 g/mol. The van der Waals surface area contributed by atoms with Crippen molar-refractivity contribution in [1.29, 1.82) is 0 Å². The first kappa shape index (κ1) is 22.4. The number of nitrogens with one attached hydrogen (secondary N) is 1. The van der Waals surface area contributed by atoms with Crippen LogP contribution in [-0.4, -0.2) is 47.2 Å². The van der Waals surface area contributed by atoms with E-state index in [2.05, 4.69) is 26.1 Å². The molecule has 1 unspecified atom stereocenters. The zero-order valence-corrected chi connectivity index (χ0v) is 19.1. The van der Waals surface area contributed by atoms with Gasteiger partial charge in [0, 0.05) is 17.5 Å². The van der Waals surface area contributed by atoms with Crippen molar-refractivity contribution in [3.8, 4) is 0 Å². The molecule has 4 aliphatic rings. The van der Waals surface area contributed by atoms with E-state index in [1.165, 1.54) is 6.42 Å². The predicted molar refractivity (Wildman–Crippen MR) is 118 cm³/mol. The molecule has 3 saturated carbocycles. The van der Waals surface area contributed by atoms with Crippen LogP contribution in [0.25, 0.3) is 0 Å². The van der Waals surface area contributed by atoms with Crippen molar-refractivity contribution < 1.29 is 19.5 Å². The van der Waals surface area contributed by atoms with Crippen LogP contribution in [0, 0.1) is 29.1 Å². The number of fused-ring (bicyclic) bond motifs is 2. The summed E-state index contributed by atoms with van der Waals surface area (Å²) in [5.41, 5.74) is 1.88. The average molecular weight is 429 g/mol. The van der Waals surface area contributed by atoms with Gasteiger partial charge in [0.25, 0.3) is 0 Å². The lowest BCUT2D eigenvalue weighted by atomic mass is 9.45. The lowest BCUT2D eigenvalue weighted by molar-refractivity contribution is -0.183. The summed E-state index contributed by atoms with van der Waals surface area (Å²) >= 11 is 0. The van der Waals surface area contributed by atoms with Gasteiger partial charge in [-0.2, -0.15) is 5.06 Å². The Bertz CT molecular complexity index is 825. The molecule has 0 aromatic heterocycles. The van der Waals surface area contributed by atoms with Crippen molar-refractivity contribution in [2.45, 2.75) is 71.7 Å². The van der Waals surface area contributed by atoms with E-state index in [4.69, 9.17) is 4.84 Å². The van der Waals surface area contributed by atoms with Gasteiger partial charge in [0.05, 0.1) is 13.2 Å². The van der Waals surface area contributed by atoms with Crippen molar-refractivity contribution in [1.82, 2.24) is 10.4 Å². The van der Waals surface area contributed by atoms with E-state index < -0.39 is 12.1 Å². The van der Waals surface area contributed by atoms with Crippen molar-refractivity contribution in [3.63, 3.8) is 0 Å². The highest BCUT2D eigenvalue weighted by Gasteiger charge is 2.57. The van der Waals surface area contributed by atoms with Crippen LogP contribution in [-0.2, 0) is 16.2 Å². The third-order valence-electron chi connectivity index (χ3n) is 8.49. The van der Waals surface area contributed by atoms with Gasteiger partial charge in [0.1, 0.15) is 18.4 Å². The van der Waals surface area contributed by atoms with Crippen LogP contribution < -0.4 is 5.32 Å². The molecule has 5 rings (SSSR count). The van der Waals surface area contributed by atoms with Crippen molar-refractivity contribution in [3.05, 3.63) is 35.4 Å². The molecule has 2 bridgehead atoms. The summed E-state index contributed by atoms with van der Waals surface area (Å²) < 4.78 is 0. The van der Waals surface area contributed by atoms with E-state index in [0.717, 1.165) is 24.7 Å². The van der Waals surface area contributed by atoms with Gasteiger partial charge in [-0.25, -0.2) is 0 Å². The Kier molecular flexibility index (Phi) is 6.25. The van der Waals surface area contributed by atoms with Crippen LogP contribution >= 0.6 is 0 Å². The first-order valence-electron chi connectivity index (χ1n) is 11.7. The Morgan fingerprint density at radius 1 is 1.35 bits per heavy atom. The number of rotatable bonds is 7. The van der Waals surface area contributed by atoms with Crippen LogP contribution in [0.4, 0.5) is 0 Å². The monoisotopic (exact) mass is 428 g/mol. The molecule has 4 fully saturated rings. The Morgan fingerprint density at radius 3 is 2.74 bits per heavy atom. The molecule has 1 amide bonds. The third kappa shape index (κ3) is 3.94. The molecule has 3 aliphatic carbocycles. The zero-order chi connectivity index (χ0) is 22.3. The van der Waals surface area contributed by atoms with Gasteiger partial charge in [-0.3, -0.25) is 14.4 Å². The van der Waals surface area contributed by atoms with E-state index >= 15 is 0 Å². The maximum absolute atomic E-state index is 13.5. The van der Waals surface area contributed by atoms with E-state index in [1.54, 1.807) is 11.1 Å². The van der Waals surface area contributed by atoms with Gasteiger partial charge < -0.3 is 10.4 Å². The fourth-order valence-corrected chi connectivity index (χ4v) is 6.40. The number of carbonyl (C=O) groups is 2. The molecule has 6 heteroatoms. The van der Waals surface area contributed by atoms with E-state index in [9.17, 15) is 14.7 Å². The Morgan fingerprint density at radius 2 is 2.13 bits per heavy atom. The molecule has 0 spiro atoms. The summed E-state index contributed by atoms with van der Waals surface area (Å²) in [5, 5.41) is 14.9. The summed E-state index contributed by atoms with van der Waals surface area (Å²) in [6.07, 6.45) is 3.47. The lowest BCUT2D eigenvalue weighted by Crippen LogP contribution is -2.62. The molecule has 31 heavy (non-hydrogen) atoms. The molecule has 1 heterocycles. The van der Waals surface area contributed by atoms with Crippen LogP contribution in [0.3, 0.4) is 0 Å². The second-order valence-electron chi connectivity index (χ2n) is 10.4. The summed E-state index contributed by atoms with van der Waals surface area (Å²) in [7, 11) is 0. The minimum atomic E-state index is -0.458. The molecule has 1 aliphatic heterocycles.